The number of nitrogens with one attached hydrogen (secondary N) is 2. The summed E-state index contributed by atoms with van der Waals surface area (Å²) in [5.74, 6) is 2.50. The Morgan fingerprint density at radius 3 is 2.81 bits per heavy atom. The predicted octanol–water partition coefficient (Wildman–Crippen LogP) is 2.27. The number of benzene rings is 1. The Morgan fingerprint density at radius 2 is 2.05 bits per heavy atom. The first-order valence-electron chi connectivity index (χ1n) is 7.59. The molecule has 1 aliphatic carbocycles. The molecule has 2 aliphatic rings. The van der Waals surface area contributed by atoms with E-state index in [1.54, 1.807) is 0 Å². The Balaban J connectivity index is 1.60. The number of fused-ring (bicyclic) bond motifs is 1. The molecule has 1 saturated carbocycles. The van der Waals surface area contributed by atoms with Gasteiger partial charge in [0.15, 0.2) is 17.5 Å². The van der Waals surface area contributed by atoms with Crippen molar-refractivity contribution in [2.24, 2.45) is 10.4 Å². The number of aliphatic imine (C=N–C) groups is 1. The van der Waals surface area contributed by atoms with E-state index in [2.05, 4.69) is 29.5 Å². The zero-order valence-electron chi connectivity index (χ0n) is 12.7. The van der Waals surface area contributed by atoms with Crippen LogP contribution in [0.5, 0.6) is 11.5 Å². The summed E-state index contributed by atoms with van der Waals surface area (Å²) in [6.45, 7) is 7.18. The van der Waals surface area contributed by atoms with Crippen LogP contribution in [0, 0.1) is 5.41 Å². The zero-order chi connectivity index (χ0) is 14.7. The first-order chi connectivity index (χ1) is 10.2. The third kappa shape index (κ3) is 3.60. The lowest BCUT2D eigenvalue weighted by Crippen LogP contribution is -2.39. The normalized spacial score (nSPS) is 18.5. The highest BCUT2D eigenvalue weighted by atomic mass is 16.7. The summed E-state index contributed by atoms with van der Waals surface area (Å²) in [5, 5.41) is 6.72. The van der Waals surface area contributed by atoms with Crippen molar-refractivity contribution in [3.63, 3.8) is 0 Å². The second-order valence-electron chi connectivity index (χ2n) is 6.05. The van der Waals surface area contributed by atoms with Crippen LogP contribution < -0.4 is 20.1 Å². The Labute approximate surface area is 125 Å². The third-order valence-electron chi connectivity index (χ3n) is 3.99. The number of nitrogens with zero attached hydrogens (tertiary/aromatic N) is 1. The molecule has 1 aromatic rings. The molecule has 0 aromatic heterocycles. The van der Waals surface area contributed by atoms with Gasteiger partial charge in [0.05, 0.1) is 6.54 Å². The van der Waals surface area contributed by atoms with Crippen LogP contribution in [0.2, 0.25) is 0 Å². The van der Waals surface area contributed by atoms with Crippen molar-refractivity contribution in [3.8, 4) is 11.5 Å². The highest BCUT2D eigenvalue weighted by molar-refractivity contribution is 5.79. The third-order valence-corrected chi connectivity index (χ3v) is 3.99. The van der Waals surface area contributed by atoms with Crippen molar-refractivity contribution in [3.05, 3.63) is 23.8 Å². The molecule has 2 N–H and O–H groups in total. The van der Waals surface area contributed by atoms with Gasteiger partial charge in [-0.3, -0.25) is 0 Å². The van der Waals surface area contributed by atoms with E-state index in [9.17, 15) is 0 Å². The molecule has 0 saturated heterocycles. The van der Waals surface area contributed by atoms with Crippen LogP contribution in [0.1, 0.15) is 32.3 Å². The van der Waals surface area contributed by atoms with Crippen LogP contribution in [-0.4, -0.2) is 25.8 Å². The van der Waals surface area contributed by atoms with Crippen LogP contribution in [0.25, 0.3) is 0 Å². The number of ether oxygens (including phenoxy) is 2. The van der Waals surface area contributed by atoms with E-state index in [0.29, 0.717) is 18.8 Å². The van der Waals surface area contributed by atoms with E-state index in [1.807, 2.05) is 18.2 Å². The fourth-order valence-corrected chi connectivity index (χ4v) is 2.24. The summed E-state index contributed by atoms with van der Waals surface area (Å²) in [5.41, 5.74) is 1.59. The van der Waals surface area contributed by atoms with Crippen molar-refractivity contribution < 1.29 is 9.47 Å². The average molecular weight is 289 g/mol. The van der Waals surface area contributed by atoms with E-state index in [1.165, 1.54) is 12.8 Å². The summed E-state index contributed by atoms with van der Waals surface area (Å²) >= 11 is 0. The lowest BCUT2D eigenvalue weighted by molar-refractivity contribution is 0.174. The maximum Gasteiger partial charge on any atom is 0.231 e. The molecule has 1 fully saturated rings. The van der Waals surface area contributed by atoms with Crippen molar-refractivity contribution in [2.45, 2.75) is 33.2 Å². The van der Waals surface area contributed by atoms with Crippen molar-refractivity contribution in [1.82, 2.24) is 10.6 Å². The summed E-state index contributed by atoms with van der Waals surface area (Å²) < 4.78 is 10.7. The van der Waals surface area contributed by atoms with E-state index >= 15 is 0 Å². The molecule has 0 radical (unpaired) electrons. The molecule has 1 heterocycles. The molecule has 5 heteroatoms. The summed E-state index contributed by atoms with van der Waals surface area (Å²) in [7, 11) is 0. The van der Waals surface area contributed by atoms with E-state index in [0.717, 1.165) is 36.1 Å². The molecule has 0 atom stereocenters. The first-order valence-corrected chi connectivity index (χ1v) is 7.59. The molecule has 5 nitrogen and oxygen atoms in total. The van der Waals surface area contributed by atoms with Gasteiger partial charge in [-0.15, -0.1) is 0 Å². The zero-order valence-corrected chi connectivity index (χ0v) is 12.7. The van der Waals surface area contributed by atoms with Gasteiger partial charge in [0.25, 0.3) is 0 Å². The van der Waals surface area contributed by atoms with Gasteiger partial charge in [-0.25, -0.2) is 4.99 Å². The molecule has 0 unspecified atom stereocenters. The lowest BCUT2D eigenvalue weighted by Gasteiger charge is -2.14. The van der Waals surface area contributed by atoms with Gasteiger partial charge in [-0.1, -0.05) is 13.0 Å². The summed E-state index contributed by atoms with van der Waals surface area (Å²) in [4.78, 5) is 4.64. The van der Waals surface area contributed by atoms with Crippen LogP contribution >= 0.6 is 0 Å². The van der Waals surface area contributed by atoms with Crippen molar-refractivity contribution >= 4 is 5.96 Å². The SMILES string of the molecule is CCNC(=NCc1ccc2c(c1)OCO2)NCC1(C)CC1. The standard InChI is InChI=1S/C16H23N3O2/c1-3-17-15(19-10-16(2)6-7-16)18-9-12-4-5-13-14(8-12)21-11-20-13/h4-5,8H,3,6-7,9-11H2,1-2H3,(H2,17,18,19). The highest BCUT2D eigenvalue weighted by Crippen LogP contribution is 2.44. The summed E-state index contributed by atoms with van der Waals surface area (Å²) in [6.07, 6.45) is 2.61. The van der Waals surface area contributed by atoms with E-state index in [-0.39, 0.29) is 0 Å². The molecule has 1 aliphatic heterocycles. The molecule has 3 rings (SSSR count). The Morgan fingerprint density at radius 1 is 1.24 bits per heavy atom. The number of guanidine groups is 1. The topological polar surface area (TPSA) is 54.9 Å². The van der Waals surface area contributed by atoms with Crippen LogP contribution in [-0.2, 0) is 6.54 Å². The van der Waals surface area contributed by atoms with Gasteiger partial charge in [0.1, 0.15) is 0 Å². The number of hydrogen-bond donors (Lipinski definition) is 2. The minimum Gasteiger partial charge on any atom is -0.454 e. The Bertz CT molecular complexity index is 538. The maximum absolute atomic E-state index is 5.39. The fourth-order valence-electron chi connectivity index (χ4n) is 2.24. The predicted molar refractivity (Wildman–Crippen MR) is 82.7 cm³/mol. The second kappa shape index (κ2) is 5.84. The van der Waals surface area contributed by atoms with Crippen LogP contribution in [0.3, 0.4) is 0 Å². The quantitative estimate of drug-likeness (QED) is 0.645. The largest absolute Gasteiger partial charge is 0.454 e. The maximum atomic E-state index is 5.39. The van der Waals surface area contributed by atoms with Crippen molar-refractivity contribution in [2.75, 3.05) is 19.9 Å². The van der Waals surface area contributed by atoms with Gasteiger partial charge in [0, 0.05) is 13.1 Å². The second-order valence-corrected chi connectivity index (χ2v) is 6.05. The monoisotopic (exact) mass is 289 g/mol. The van der Waals surface area contributed by atoms with E-state index in [4.69, 9.17) is 9.47 Å². The highest BCUT2D eigenvalue weighted by Gasteiger charge is 2.36. The smallest absolute Gasteiger partial charge is 0.231 e. The minimum absolute atomic E-state index is 0.310. The Kier molecular flexibility index (Phi) is 3.90. The van der Waals surface area contributed by atoms with Crippen molar-refractivity contribution in [1.29, 1.82) is 0 Å². The molecule has 1 aromatic carbocycles. The van der Waals surface area contributed by atoms with E-state index < -0.39 is 0 Å². The molecule has 114 valence electrons. The summed E-state index contributed by atoms with van der Waals surface area (Å²) in [6, 6.07) is 5.97. The lowest BCUT2D eigenvalue weighted by atomic mass is 10.1. The first kappa shape index (κ1) is 14.0. The molecule has 0 spiro atoms. The number of rotatable bonds is 5. The molecule has 0 bridgehead atoms. The van der Waals surface area contributed by atoms with Gasteiger partial charge in [-0.2, -0.15) is 0 Å². The molecular formula is C16H23N3O2. The fraction of sp³-hybridized carbons (Fsp3) is 0.562. The average Bonchev–Trinajstić information content (AvgIpc) is 3.04. The van der Waals surface area contributed by atoms with Crippen LogP contribution in [0.15, 0.2) is 23.2 Å². The van der Waals surface area contributed by atoms with Gasteiger partial charge in [-0.05, 0) is 42.9 Å². The molecule has 0 amide bonds. The van der Waals surface area contributed by atoms with Gasteiger partial charge < -0.3 is 20.1 Å². The van der Waals surface area contributed by atoms with Gasteiger partial charge >= 0.3 is 0 Å². The Hall–Kier alpha value is -1.91. The van der Waals surface area contributed by atoms with Gasteiger partial charge in [0.2, 0.25) is 6.79 Å². The number of hydrogen-bond acceptors (Lipinski definition) is 3. The van der Waals surface area contributed by atoms with Crippen LogP contribution in [0.4, 0.5) is 0 Å². The molecular weight excluding hydrogens is 266 g/mol. The minimum atomic E-state index is 0.310. The molecule has 21 heavy (non-hydrogen) atoms.